The molecule has 0 unspecified atom stereocenters. The van der Waals surface area contributed by atoms with E-state index in [2.05, 4.69) is 11.4 Å². The Bertz CT molecular complexity index is 674. The number of carbonyl (C=O) groups excluding carboxylic acids is 2. The van der Waals surface area contributed by atoms with Crippen LogP contribution in [0.2, 0.25) is 5.02 Å². The van der Waals surface area contributed by atoms with Gasteiger partial charge < -0.3 is 14.8 Å². The highest BCUT2D eigenvalue weighted by molar-refractivity contribution is 6.30. The fourth-order valence-electron chi connectivity index (χ4n) is 2.07. The minimum absolute atomic E-state index is 0.0867. The van der Waals surface area contributed by atoms with Crippen molar-refractivity contribution in [2.24, 2.45) is 5.92 Å². The van der Waals surface area contributed by atoms with E-state index in [-0.39, 0.29) is 12.5 Å². The Labute approximate surface area is 153 Å². The van der Waals surface area contributed by atoms with Gasteiger partial charge in [0.1, 0.15) is 11.3 Å². The van der Waals surface area contributed by atoms with Crippen LogP contribution in [0.4, 0.5) is 0 Å². The fourth-order valence-corrected chi connectivity index (χ4v) is 2.40. The van der Waals surface area contributed by atoms with Crippen LogP contribution in [0.1, 0.15) is 31.9 Å². The first kappa shape index (κ1) is 20.8. The Balaban J connectivity index is 2.51. The molecule has 7 heteroatoms. The highest BCUT2D eigenvalue weighted by Crippen LogP contribution is 2.26. The summed E-state index contributed by atoms with van der Waals surface area (Å²) in [6, 6.07) is 5.52. The van der Waals surface area contributed by atoms with Crippen molar-refractivity contribution in [3.05, 3.63) is 28.3 Å². The molecule has 1 amide bonds. The molecule has 1 N–H and O–H groups in total. The topological polar surface area (TPSA) is 88.4 Å². The van der Waals surface area contributed by atoms with Gasteiger partial charge in [0.2, 0.25) is 0 Å². The Morgan fingerprint density at radius 3 is 2.32 bits per heavy atom. The SMILES string of the molecule is Cc1cc(Cl)cc(C)c1OCC(=O)OCC(=O)N[C@](C)(C#N)C(C)C. The van der Waals surface area contributed by atoms with Gasteiger partial charge in [-0.15, -0.1) is 0 Å². The van der Waals surface area contributed by atoms with Crippen LogP contribution in [0.5, 0.6) is 5.75 Å². The summed E-state index contributed by atoms with van der Waals surface area (Å²) in [4.78, 5) is 23.6. The molecule has 0 aliphatic heterocycles. The lowest BCUT2D eigenvalue weighted by atomic mass is 9.90. The first-order valence-corrected chi connectivity index (χ1v) is 8.24. The summed E-state index contributed by atoms with van der Waals surface area (Å²) < 4.78 is 10.3. The lowest BCUT2D eigenvalue weighted by Gasteiger charge is -2.27. The number of nitrogens with zero attached hydrogens (tertiary/aromatic N) is 1. The van der Waals surface area contributed by atoms with Gasteiger partial charge in [-0.05, 0) is 49.9 Å². The van der Waals surface area contributed by atoms with Gasteiger partial charge in [-0.1, -0.05) is 25.4 Å². The molecule has 136 valence electrons. The van der Waals surface area contributed by atoms with Crippen molar-refractivity contribution in [1.82, 2.24) is 5.32 Å². The van der Waals surface area contributed by atoms with Gasteiger partial charge in [0.15, 0.2) is 13.2 Å². The Morgan fingerprint density at radius 2 is 1.84 bits per heavy atom. The Morgan fingerprint density at radius 1 is 1.28 bits per heavy atom. The molecule has 0 bridgehead atoms. The largest absolute Gasteiger partial charge is 0.481 e. The van der Waals surface area contributed by atoms with E-state index in [9.17, 15) is 9.59 Å². The maximum absolute atomic E-state index is 11.9. The van der Waals surface area contributed by atoms with Gasteiger partial charge in [-0.3, -0.25) is 4.79 Å². The van der Waals surface area contributed by atoms with Crippen LogP contribution in [-0.4, -0.2) is 30.6 Å². The number of rotatable bonds is 7. The van der Waals surface area contributed by atoms with Gasteiger partial charge in [0, 0.05) is 5.02 Å². The van der Waals surface area contributed by atoms with E-state index in [1.54, 1.807) is 19.1 Å². The predicted molar refractivity (Wildman–Crippen MR) is 94.4 cm³/mol. The molecule has 0 heterocycles. The molecule has 0 saturated heterocycles. The molecule has 25 heavy (non-hydrogen) atoms. The second-order valence-corrected chi connectivity index (χ2v) is 6.77. The van der Waals surface area contributed by atoms with Crippen LogP contribution in [-0.2, 0) is 14.3 Å². The quantitative estimate of drug-likeness (QED) is 0.749. The van der Waals surface area contributed by atoms with Crippen LogP contribution in [0.15, 0.2) is 12.1 Å². The lowest BCUT2D eigenvalue weighted by molar-refractivity contribution is -0.150. The Hall–Kier alpha value is -2.26. The highest BCUT2D eigenvalue weighted by atomic mass is 35.5. The molecule has 0 aliphatic carbocycles. The summed E-state index contributed by atoms with van der Waals surface area (Å²) >= 11 is 5.94. The third-order valence-electron chi connectivity index (χ3n) is 3.91. The van der Waals surface area contributed by atoms with Crippen LogP contribution < -0.4 is 10.1 Å². The number of hydrogen-bond acceptors (Lipinski definition) is 5. The van der Waals surface area contributed by atoms with Gasteiger partial charge in [-0.25, -0.2) is 4.79 Å². The first-order valence-electron chi connectivity index (χ1n) is 7.86. The molecular formula is C18H23ClN2O4. The van der Waals surface area contributed by atoms with Crippen molar-refractivity contribution >= 4 is 23.5 Å². The van der Waals surface area contributed by atoms with Crippen molar-refractivity contribution in [3.8, 4) is 11.8 Å². The molecule has 0 saturated carbocycles. The summed E-state index contributed by atoms with van der Waals surface area (Å²) in [7, 11) is 0. The number of amides is 1. The van der Waals surface area contributed by atoms with E-state index in [1.165, 1.54) is 0 Å². The van der Waals surface area contributed by atoms with E-state index in [0.29, 0.717) is 10.8 Å². The minimum atomic E-state index is -1.02. The summed E-state index contributed by atoms with van der Waals surface area (Å²) in [5.74, 6) is -0.740. The number of aryl methyl sites for hydroxylation is 2. The summed E-state index contributed by atoms with van der Waals surface area (Å²) in [6.07, 6.45) is 0. The summed E-state index contributed by atoms with van der Waals surface area (Å²) in [5.41, 5.74) is 0.590. The van der Waals surface area contributed by atoms with Crippen LogP contribution in [0.25, 0.3) is 0 Å². The molecule has 0 aliphatic rings. The van der Waals surface area contributed by atoms with E-state index in [1.807, 2.05) is 27.7 Å². The number of nitrogens with one attached hydrogen (secondary N) is 1. The lowest BCUT2D eigenvalue weighted by Crippen LogP contribution is -2.50. The summed E-state index contributed by atoms with van der Waals surface area (Å²) in [6.45, 7) is 8.11. The molecule has 1 atom stereocenters. The van der Waals surface area contributed by atoms with Gasteiger partial charge >= 0.3 is 5.97 Å². The van der Waals surface area contributed by atoms with E-state index in [4.69, 9.17) is 26.3 Å². The minimum Gasteiger partial charge on any atom is -0.481 e. The normalized spacial score (nSPS) is 12.9. The maximum atomic E-state index is 11.9. The van der Waals surface area contributed by atoms with Crippen molar-refractivity contribution in [2.45, 2.75) is 40.2 Å². The molecule has 0 radical (unpaired) electrons. The van der Waals surface area contributed by atoms with Crippen molar-refractivity contribution in [3.63, 3.8) is 0 Å². The first-order chi connectivity index (χ1) is 11.6. The number of esters is 1. The van der Waals surface area contributed by atoms with Gasteiger partial charge in [-0.2, -0.15) is 5.26 Å². The second-order valence-electron chi connectivity index (χ2n) is 6.34. The molecular weight excluding hydrogens is 344 g/mol. The van der Waals surface area contributed by atoms with Crippen LogP contribution in [0.3, 0.4) is 0 Å². The van der Waals surface area contributed by atoms with E-state index in [0.717, 1.165) is 11.1 Å². The second kappa shape index (κ2) is 8.72. The number of benzene rings is 1. The third-order valence-corrected chi connectivity index (χ3v) is 4.13. The van der Waals surface area contributed by atoms with Crippen LogP contribution in [0, 0.1) is 31.1 Å². The zero-order chi connectivity index (χ0) is 19.2. The average molecular weight is 367 g/mol. The zero-order valence-corrected chi connectivity index (χ0v) is 15.9. The predicted octanol–water partition coefficient (Wildman–Crippen LogP) is 2.93. The van der Waals surface area contributed by atoms with Crippen molar-refractivity contribution in [1.29, 1.82) is 5.26 Å². The number of ether oxygens (including phenoxy) is 2. The molecule has 0 fully saturated rings. The number of nitriles is 1. The molecule has 1 rings (SSSR count). The standard InChI is InChI=1S/C18H23ClN2O4/c1-11(2)18(5,10-20)21-15(22)8-24-16(23)9-25-17-12(3)6-14(19)7-13(17)4/h6-7,11H,8-9H2,1-5H3,(H,21,22)/t18-/m1/s1. The Kier molecular flexibility index (Phi) is 7.25. The van der Waals surface area contributed by atoms with Crippen molar-refractivity contribution < 1.29 is 19.1 Å². The maximum Gasteiger partial charge on any atom is 0.344 e. The zero-order valence-electron chi connectivity index (χ0n) is 15.1. The number of carbonyl (C=O) groups is 2. The monoisotopic (exact) mass is 366 g/mol. The van der Waals surface area contributed by atoms with E-state index >= 15 is 0 Å². The van der Waals surface area contributed by atoms with E-state index < -0.39 is 24.0 Å². The van der Waals surface area contributed by atoms with Gasteiger partial charge in [0.05, 0.1) is 6.07 Å². The molecule has 6 nitrogen and oxygen atoms in total. The third kappa shape index (κ3) is 5.95. The highest BCUT2D eigenvalue weighted by Gasteiger charge is 2.30. The summed E-state index contributed by atoms with van der Waals surface area (Å²) in [5, 5.41) is 12.3. The molecule has 0 spiro atoms. The number of halogens is 1. The average Bonchev–Trinajstić information content (AvgIpc) is 2.51. The molecule has 1 aromatic carbocycles. The molecule has 0 aromatic heterocycles. The smallest absolute Gasteiger partial charge is 0.344 e. The number of hydrogen-bond donors (Lipinski definition) is 1. The fraction of sp³-hybridized carbons (Fsp3) is 0.500. The van der Waals surface area contributed by atoms with Crippen molar-refractivity contribution in [2.75, 3.05) is 13.2 Å². The van der Waals surface area contributed by atoms with Gasteiger partial charge in [0.25, 0.3) is 5.91 Å². The molecule has 1 aromatic rings. The van der Waals surface area contributed by atoms with Crippen LogP contribution >= 0.6 is 11.6 Å².